The predicted octanol–water partition coefficient (Wildman–Crippen LogP) is 2.59. The number of amides is 1. The number of nitrogens with zero attached hydrogens (tertiary/aromatic N) is 2. The third-order valence-corrected chi connectivity index (χ3v) is 4.05. The maximum atomic E-state index is 11.7. The Hall–Kier alpha value is -1.93. The van der Waals surface area contributed by atoms with Crippen LogP contribution in [0.5, 0.6) is 0 Å². The molecule has 1 fully saturated rings. The van der Waals surface area contributed by atoms with Gasteiger partial charge in [0.2, 0.25) is 0 Å². The van der Waals surface area contributed by atoms with Gasteiger partial charge in [-0.1, -0.05) is 29.8 Å². The first kappa shape index (κ1) is 12.1. The summed E-state index contributed by atoms with van der Waals surface area (Å²) in [4.78, 5) is 13.2. The van der Waals surface area contributed by atoms with Crippen molar-refractivity contribution in [1.82, 2.24) is 4.90 Å². The van der Waals surface area contributed by atoms with Gasteiger partial charge < -0.3 is 4.74 Å². The number of halogens is 1. The molecule has 0 bridgehead atoms. The van der Waals surface area contributed by atoms with Crippen LogP contribution in [0.4, 0.5) is 10.5 Å². The van der Waals surface area contributed by atoms with Crippen LogP contribution < -0.4 is 5.32 Å². The number of ether oxygens (including phenoxy) is 1. The molecule has 98 valence electrons. The van der Waals surface area contributed by atoms with Gasteiger partial charge >= 0.3 is 6.09 Å². The highest BCUT2D eigenvalue weighted by Crippen LogP contribution is 2.45. The molecule has 0 radical (unpaired) electrons. The first-order chi connectivity index (χ1) is 9.14. The zero-order chi connectivity index (χ0) is 13.5. The molecule has 1 aromatic carbocycles. The molecule has 2 heterocycles. The number of anilines is 1. The number of nitriles is 1. The molecule has 19 heavy (non-hydrogen) atoms. The lowest BCUT2D eigenvalue weighted by Gasteiger charge is -2.44. The molecule has 1 amide bonds. The van der Waals surface area contributed by atoms with Crippen molar-refractivity contribution < 1.29 is 9.53 Å². The highest BCUT2D eigenvalue weighted by atomic mass is 35.5. The molecule has 5 nitrogen and oxygen atoms in total. The normalized spacial score (nSPS) is 29.2. The molecule has 0 saturated carbocycles. The van der Waals surface area contributed by atoms with E-state index in [2.05, 4.69) is 11.5 Å². The van der Waals surface area contributed by atoms with Gasteiger partial charge in [0.15, 0.2) is 6.19 Å². The molecule has 1 N–H and O–H groups in total. The van der Waals surface area contributed by atoms with Gasteiger partial charge in [0.1, 0.15) is 11.1 Å². The van der Waals surface area contributed by atoms with Crippen LogP contribution >= 0.6 is 11.6 Å². The van der Waals surface area contributed by atoms with Crippen molar-refractivity contribution in [2.45, 2.75) is 23.9 Å². The van der Waals surface area contributed by atoms with Gasteiger partial charge in [0, 0.05) is 24.9 Å². The summed E-state index contributed by atoms with van der Waals surface area (Å²) >= 11 is 6.21. The number of rotatable bonds is 0. The van der Waals surface area contributed by atoms with Gasteiger partial charge in [-0.3, -0.25) is 10.2 Å². The Morgan fingerprint density at radius 3 is 3.05 bits per heavy atom. The fourth-order valence-electron chi connectivity index (χ4n) is 2.73. The molecule has 2 unspecified atom stereocenters. The van der Waals surface area contributed by atoms with Crippen molar-refractivity contribution in [2.24, 2.45) is 0 Å². The van der Waals surface area contributed by atoms with Gasteiger partial charge in [-0.25, -0.2) is 4.79 Å². The first-order valence-electron chi connectivity index (χ1n) is 6.04. The van der Waals surface area contributed by atoms with Crippen LogP contribution in [0.15, 0.2) is 24.3 Å². The quantitative estimate of drug-likeness (QED) is 0.450. The number of piperidine rings is 1. The van der Waals surface area contributed by atoms with Gasteiger partial charge in [-0.2, -0.15) is 5.26 Å². The standard InChI is InChI=1S/C13H12ClN3O2/c14-11-7-13(5-6-17(11)8-15)9-3-1-2-4-10(9)16-12(18)19-13/h1-4,11H,5-7H2,(H,16,18). The lowest BCUT2D eigenvalue weighted by Crippen LogP contribution is -2.49. The highest BCUT2D eigenvalue weighted by molar-refractivity contribution is 6.20. The van der Waals surface area contributed by atoms with Crippen molar-refractivity contribution in [2.75, 3.05) is 11.9 Å². The average molecular weight is 278 g/mol. The van der Waals surface area contributed by atoms with Crippen molar-refractivity contribution in [3.8, 4) is 6.19 Å². The Kier molecular flexibility index (Phi) is 2.76. The predicted molar refractivity (Wildman–Crippen MR) is 69.4 cm³/mol. The van der Waals surface area contributed by atoms with E-state index in [9.17, 15) is 4.79 Å². The number of alkyl halides is 1. The van der Waals surface area contributed by atoms with Crippen molar-refractivity contribution in [3.63, 3.8) is 0 Å². The van der Waals surface area contributed by atoms with E-state index >= 15 is 0 Å². The zero-order valence-corrected chi connectivity index (χ0v) is 10.9. The summed E-state index contributed by atoms with van der Waals surface area (Å²) < 4.78 is 5.53. The Morgan fingerprint density at radius 2 is 2.32 bits per heavy atom. The van der Waals surface area contributed by atoms with E-state index in [1.807, 2.05) is 24.3 Å². The molecular formula is C13H12ClN3O2. The van der Waals surface area contributed by atoms with Crippen molar-refractivity contribution in [1.29, 1.82) is 5.26 Å². The molecule has 2 aliphatic rings. The lowest BCUT2D eigenvalue weighted by atomic mass is 9.82. The van der Waals surface area contributed by atoms with Crippen LogP contribution in [-0.2, 0) is 10.3 Å². The number of carbonyl (C=O) groups is 1. The van der Waals surface area contributed by atoms with Crippen LogP contribution in [-0.4, -0.2) is 23.0 Å². The largest absolute Gasteiger partial charge is 0.438 e. The van der Waals surface area contributed by atoms with E-state index in [4.69, 9.17) is 21.6 Å². The zero-order valence-electron chi connectivity index (χ0n) is 10.1. The lowest BCUT2D eigenvalue weighted by molar-refractivity contribution is -0.0349. The maximum absolute atomic E-state index is 11.7. The smallest absolute Gasteiger partial charge is 0.412 e. The molecule has 2 atom stereocenters. The number of likely N-dealkylation sites (tertiary alicyclic amines) is 1. The second-order valence-electron chi connectivity index (χ2n) is 4.74. The third-order valence-electron chi connectivity index (χ3n) is 3.66. The van der Waals surface area contributed by atoms with Crippen LogP contribution in [0, 0.1) is 11.5 Å². The van der Waals surface area contributed by atoms with E-state index in [0.29, 0.717) is 19.4 Å². The van der Waals surface area contributed by atoms with E-state index < -0.39 is 17.2 Å². The van der Waals surface area contributed by atoms with Crippen molar-refractivity contribution in [3.05, 3.63) is 29.8 Å². The fourth-order valence-corrected chi connectivity index (χ4v) is 3.12. The first-order valence-corrected chi connectivity index (χ1v) is 6.48. The number of carbonyl (C=O) groups excluding carboxylic acids is 1. The molecule has 1 saturated heterocycles. The summed E-state index contributed by atoms with van der Waals surface area (Å²) in [7, 11) is 0. The number of hydrogen-bond acceptors (Lipinski definition) is 4. The molecule has 1 spiro atoms. The second kappa shape index (κ2) is 4.32. The Morgan fingerprint density at radius 1 is 1.53 bits per heavy atom. The Labute approximate surface area is 115 Å². The maximum Gasteiger partial charge on any atom is 0.412 e. The van der Waals surface area contributed by atoms with E-state index in [1.54, 1.807) is 0 Å². The molecule has 1 aromatic rings. The van der Waals surface area contributed by atoms with Gasteiger partial charge in [0.25, 0.3) is 0 Å². The summed E-state index contributed by atoms with van der Waals surface area (Å²) in [5.74, 6) is 0. The molecule has 6 heteroatoms. The SMILES string of the molecule is N#CN1CCC2(CC1Cl)OC(=O)Nc1ccccc12. The minimum Gasteiger partial charge on any atom is -0.438 e. The topological polar surface area (TPSA) is 65.4 Å². The second-order valence-corrected chi connectivity index (χ2v) is 5.24. The van der Waals surface area contributed by atoms with Crippen LogP contribution in [0.2, 0.25) is 0 Å². The van der Waals surface area contributed by atoms with Crippen LogP contribution in [0.3, 0.4) is 0 Å². The van der Waals surface area contributed by atoms with Crippen LogP contribution in [0.1, 0.15) is 18.4 Å². The third kappa shape index (κ3) is 1.89. The fraction of sp³-hybridized carbons (Fsp3) is 0.385. The summed E-state index contributed by atoms with van der Waals surface area (Å²) in [6.45, 7) is 0.478. The summed E-state index contributed by atoms with van der Waals surface area (Å²) in [5, 5.41) is 11.7. The molecule has 0 aromatic heterocycles. The monoisotopic (exact) mass is 277 g/mol. The van der Waals surface area contributed by atoms with E-state index in [-0.39, 0.29) is 0 Å². The highest BCUT2D eigenvalue weighted by Gasteiger charge is 2.47. The minimum atomic E-state index is -0.724. The van der Waals surface area contributed by atoms with Gasteiger partial charge in [-0.15, -0.1) is 0 Å². The summed E-state index contributed by atoms with van der Waals surface area (Å²) in [6, 6.07) is 7.54. The summed E-state index contributed by atoms with van der Waals surface area (Å²) in [6.07, 6.45) is 2.56. The van der Waals surface area contributed by atoms with E-state index in [1.165, 1.54) is 4.90 Å². The van der Waals surface area contributed by atoms with E-state index in [0.717, 1.165) is 11.3 Å². The number of para-hydroxylation sites is 1. The Balaban J connectivity index is 2.01. The molecule has 2 aliphatic heterocycles. The minimum absolute atomic E-state index is 0.409. The number of fused-ring (bicyclic) bond motifs is 2. The van der Waals surface area contributed by atoms with Gasteiger partial charge in [0.05, 0.1) is 5.69 Å². The molecule has 3 rings (SSSR count). The Bertz CT molecular complexity index is 571. The number of nitrogens with one attached hydrogen (secondary N) is 1. The number of hydrogen-bond donors (Lipinski definition) is 1. The van der Waals surface area contributed by atoms with Crippen LogP contribution in [0.25, 0.3) is 0 Å². The van der Waals surface area contributed by atoms with Crippen molar-refractivity contribution >= 4 is 23.4 Å². The summed E-state index contributed by atoms with van der Waals surface area (Å²) in [5.41, 5.74) is 0.502. The average Bonchev–Trinajstić information content (AvgIpc) is 2.39. The molecule has 0 aliphatic carbocycles. The number of benzene rings is 1. The van der Waals surface area contributed by atoms with Gasteiger partial charge in [-0.05, 0) is 6.07 Å². The molecular weight excluding hydrogens is 266 g/mol.